The average Bonchev–Trinajstić information content (AvgIpc) is 2.25. The van der Waals surface area contributed by atoms with E-state index in [9.17, 15) is 4.79 Å². The fraction of sp³-hybridized carbons (Fsp3) is 0.417. The zero-order valence-electron chi connectivity index (χ0n) is 9.51. The Balaban J connectivity index is 2.10. The molecule has 88 valence electrons. The fourth-order valence-corrected chi connectivity index (χ4v) is 1.05. The number of ether oxygens (including phenoxy) is 3. The summed E-state index contributed by atoms with van der Waals surface area (Å²) in [5.74, 6) is 0. The van der Waals surface area contributed by atoms with Gasteiger partial charge in [0.1, 0.15) is 0 Å². The van der Waals surface area contributed by atoms with E-state index in [1.165, 1.54) is 0 Å². The van der Waals surface area contributed by atoms with Gasteiger partial charge in [-0.25, -0.2) is 4.79 Å². The molecule has 0 radical (unpaired) electrons. The summed E-state index contributed by atoms with van der Waals surface area (Å²) in [4.78, 5) is 10.9. The minimum atomic E-state index is -0.705. The molecule has 4 nitrogen and oxygen atoms in total. The Bertz CT molecular complexity index is 308. The molecule has 0 aliphatic heterocycles. The maximum atomic E-state index is 10.9. The normalized spacial score (nSPS) is 10.2. The van der Waals surface area contributed by atoms with Crippen molar-refractivity contribution in [2.24, 2.45) is 0 Å². The van der Waals surface area contributed by atoms with Gasteiger partial charge in [0, 0.05) is 0 Å². The second kappa shape index (κ2) is 6.85. The van der Waals surface area contributed by atoms with Gasteiger partial charge >= 0.3 is 6.16 Å². The molecule has 0 aliphatic rings. The van der Waals surface area contributed by atoms with Crippen molar-refractivity contribution in [1.29, 1.82) is 0 Å². The number of rotatable bonds is 5. The van der Waals surface area contributed by atoms with Crippen LogP contribution in [0.5, 0.6) is 0 Å². The molecule has 0 atom stereocenters. The quantitative estimate of drug-likeness (QED) is 0.438. The molecular weight excluding hydrogens is 208 g/mol. The van der Waals surface area contributed by atoms with Crippen molar-refractivity contribution in [3.63, 3.8) is 0 Å². The van der Waals surface area contributed by atoms with E-state index in [0.717, 1.165) is 5.56 Å². The summed E-state index contributed by atoms with van der Waals surface area (Å²) in [6, 6.07) is 9.65. The van der Waals surface area contributed by atoms with Crippen molar-refractivity contribution in [2.75, 3.05) is 6.79 Å². The molecule has 0 heterocycles. The van der Waals surface area contributed by atoms with Crippen molar-refractivity contribution in [3.05, 3.63) is 35.9 Å². The lowest BCUT2D eigenvalue weighted by Crippen LogP contribution is -2.14. The Morgan fingerprint density at radius 3 is 2.56 bits per heavy atom. The van der Waals surface area contributed by atoms with Crippen molar-refractivity contribution < 1.29 is 19.0 Å². The van der Waals surface area contributed by atoms with Crippen LogP contribution in [0.3, 0.4) is 0 Å². The Kier molecular flexibility index (Phi) is 5.36. The predicted molar refractivity (Wildman–Crippen MR) is 58.8 cm³/mol. The van der Waals surface area contributed by atoms with Crippen LogP contribution < -0.4 is 0 Å². The van der Waals surface area contributed by atoms with E-state index in [4.69, 9.17) is 14.2 Å². The molecule has 0 amide bonds. The molecule has 0 saturated heterocycles. The minimum absolute atomic E-state index is 0.0968. The van der Waals surface area contributed by atoms with E-state index in [2.05, 4.69) is 0 Å². The van der Waals surface area contributed by atoms with Gasteiger partial charge in [0.25, 0.3) is 0 Å². The van der Waals surface area contributed by atoms with Crippen LogP contribution in [0.15, 0.2) is 30.3 Å². The summed E-state index contributed by atoms with van der Waals surface area (Å²) in [6.45, 7) is 3.83. The molecule has 16 heavy (non-hydrogen) atoms. The molecule has 0 N–H and O–H groups in total. The second-order valence-corrected chi connectivity index (χ2v) is 3.51. The number of hydrogen-bond donors (Lipinski definition) is 0. The van der Waals surface area contributed by atoms with E-state index in [-0.39, 0.29) is 12.9 Å². The van der Waals surface area contributed by atoms with E-state index >= 15 is 0 Å². The second-order valence-electron chi connectivity index (χ2n) is 3.51. The molecule has 0 aromatic heterocycles. The van der Waals surface area contributed by atoms with Crippen LogP contribution >= 0.6 is 0 Å². The first kappa shape index (κ1) is 12.5. The molecular formula is C12H16O4. The monoisotopic (exact) mass is 224 g/mol. The van der Waals surface area contributed by atoms with Crippen LogP contribution in [0.4, 0.5) is 4.79 Å². The van der Waals surface area contributed by atoms with Crippen molar-refractivity contribution in [2.45, 2.75) is 26.6 Å². The van der Waals surface area contributed by atoms with E-state index in [1.807, 2.05) is 30.3 Å². The van der Waals surface area contributed by atoms with Gasteiger partial charge in [-0.05, 0) is 19.4 Å². The molecule has 4 heteroatoms. The van der Waals surface area contributed by atoms with Gasteiger partial charge in [-0.1, -0.05) is 30.3 Å². The lowest BCUT2D eigenvalue weighted by Gasteiger charge is -2.08. The van der Waals surface area contributed by atoms with Crippen LogP contribution in [0.25, 0.3) is 0 Å². The summed E-state index contributed by atoms with van der Waals surface area (Å²) < 4.78 is 14.6. The maximum absolute atomic E-state index is 10.9. The summed E-state index contributed by atoms with van der Waals surface area (Å²) in [7, 11) is 0. The molecule has 1 rings (SSSR count). The highest BCUT2D eigenvalue weighted by molar-refractivity contribution is 5.59. The predicted octanol–water partition coefficient (Wildman–Crippen LogP) is 2.72. The zero-order chi connectivity index (χ0) is 11.8. The molecule has 0 fully saturated rings. The molecule has 0 bridgehead atoms. The Morgan fingerprint density at radius 2 is 1.94 bits per heavy atom. The van der Waals surface area contributed by atoms with Crippen LogP contribution in [-0.2, 0) is 20.8 Å². The van der Waals surface area contributed by atoms with Crippen LogP contribution in [0, 0.1) is 0 Å². The van der Waals surface area contributed by atoms with Crippen molar-refractivity contribution >= 4 is 6.16 Å². The molecule has 0 unspecified atom stereocenters. The molecule has 0 aliphatic carbocycles. The smallest absolute Gasteiger partial charge is 0.432 e. The molecule has 1 aromatic carbocycles. The average molecular weight is 224 g/mol. The topological polar surface area (TPSA) is 44.8 Å². The van der Waals surface area contributed by atoms with Gasteiger partial charge in [0.2, 0.25) is 0 Å². The fourth-order valence-electron chi connectivity index (χ4n) is 1.05. The van der Waals surface area contributed by atoms with Crippen LogP contribution in [0.2, 0.25) is 0 Å². The number of carbonyl (C=O) groups excluding carboxylic acids is 1. The van der Waals surface area contributed by atoms with Crippen LogP contribution in [0.1, 0.15) is 19.4 Å². The zero-order valence-corrected chi connectivity index (χ0v) is 9.51. The van der Waals surface area contributed by atoms with E-state index in [0.29, 0.717) is 6.61 Å². The van der Waals surface area contributed by atoms with E-state index < -0.39 is 6.16 Å². The first-order valence-corrected chi connectivity index (χ1v) is 5.13. The van der Waals surface area contributed by atoms with Crippen molar-refractivity contribution in [3.8, 4) is 0 Å². The molecule has 0 spiro atoms. The maximum Gasteiger partial charge on any atom is 0.510 e. The SMILES string of the molecule is CC(C)OC(=O)OCOCc1ccccc1. The number of benzene rings is 1. The molecule has 0 saturated carbocycles. The van der Waals surface area contributed by atoms with Crippen LogP contribution in [-0.4, -0.2) is 19.1 Å². The van der Waals surface area contributed by atoms with Gasteiger partial charge in [-0.2, -0.15) is 0 Å². The Hall–Kier alpha value is -1.55. The number of hydrogen-bond acceptors (Lipinski definition) is 4. The summed E-state index contributed by atoms with van der Waals surface area (Å²) >= 11 is 0. The van der Waals surface area contributed by atoms with Gasteiger partial charge < -0.3 is 14.2 Å². The first-order valence-electron chi connectivity index (χ1n) is 5.13. The van der Waals surface area contributed by atoms with Crippen molar-refractivity contribution in [1.82, 2.24) is 0 Å². The largest absolute Gasteiger partial charge is 0.510 e. The third-order valence-corrected chi connectivity index (χ3v) is 1.70. The standard InChI is InChI=1S/C12H16O4/c1-10(2)16-12(13)15-9-14-8-11-6-4-3-5-7-11/h3-7,10H,8-9H2,1-2H3. The van der Waals surface area contributed by atoms with Gasteiger partial charge in [0.05, 0.1) is 12.7 Å². The Labute approximate surface area is 95.1 Å². The lowest BCUT2D eigenvalue weighted by molar-refractivity contribution is -0.0576. The third-order valence-electron chi connectivity index (χ3n) is 1.70. The van der Waals surface area contributed by atoms with Gasteiger partial charge in [-0.3, -0.25) is 0 Å². The number of carbonyl (C=O) groups is 1. The summed E-state index contributed by atoms with van der Waals surface area (Å²) in [5.41, 5.74) is 1.03. The Morgan fingerprint density at radius 1 is 1.25 bits per heavy atom. The summed E-state index contributed by atoms with van der Waals surface area (Å²) in [5, 5.41) is 0. The lowest BCUT2D eigenvalue weighted by atomic mass is 10.2. The highest BCUT2D eigenvalue weighted by Gasteiger charge is 2.05. The first-order chi connectivity index (χ1) is 7.68. The van der Waals surface area contributed by atoms with E-state index in [1.54, 1.807) is 13.8 Å². The van der Waals surface area contributed by atoms with Gasteiger partial charge in [-0.15, -0.1) is 0 Å². The molecule has 1 aromatic rings. The summed E-state index contributed by atoms with van der Waals surface area (Å²) in [6.07, 6.45) is -0.885. The highest BCUT2D eigenvalue weighted by Crippen LogP contribution is 2.00. The third kappa shape index (κ3) is 5.36. The highest BCUT2D eigenvalue weighted by atomic mass is 16.8. The van der Waals surface area contributed by atoms with Gasteiger partial charge in [0.15, 0.2) is 6.79 Å². The minimum Gasteiger partial charge on any atom is -0.432 e.